The number of aromatic nitrogens is 1. The molecule has 4 nitrogen and oxygen atoms in total. The molecule has 0 fully saturated rings. The molecule has 0 amide bonds. The fraction of sp³-hybridized carbons (Fsp3) is 0.143. The number of ether oxygens (including phenoxy) is 1. The van der Waals surface area contributed by atoms with Crippen molar-refractivity contribution in [3.63, 3.8) is 0 Å². The van der Waals surface area contributed by atoms with Gasteiger partial charge in [0.05, 0.1) is 6.20 Å². The van der Waals surface area contributed by atoms with Gasteiger partial charge in [0.25, 0.3) is 0 Å². The number of hydrogen-bond acceptors (Lipinski definition) is 4. The molecule has 0 spiro atoms. The van der Waals surface area contributed by atoms with Crippen LogP contribution in [0.25, 0.3) is 0 Å². The second-order valence-electron chi connectivity index (χ2n) is 2.36. The van der Waals surface area contributed by atoms with Gasteiger partial charge in [-0.05, 0) is 0 Å². The number of nitrogens with two attached hydrogens (primary N) is 1. The van der Waals surface area contributed by atoms with E-state index in [1.807, 2.05) is 0 Å². The van der Waals surface area contributed by atoms with Gasteiger partial charge in [-0.2, -0.15) is 5.26 Å². The number of anilines is 1. The van der Waals surface area contributed by atoms with Crippen molar-refractivity contribution in [1.82, 2.24) is 4.98 Å². The van der Waals surface area contributed by atoms with Gasteiger partial charge in [0.1, 0.15) is 11.8 Å². The lowest BCUT2D eigenvalue weighted by atomic mass is 10.3. The van der Waals surface area contributed by atoms with Crippen molar-refractivity contribution in [2.75, 3.05) is 5.73 Å². The van der Waals surface area contributed by atoms with Gasteiger partial charge in [-0.25, -0.2) is 9.37 Å². The number of nitrogen functional groups attached to an aromatic ring is 1. The number of nitrogens with zero attached hydrogens (tertiary/aromatic N) is 2. The van der Waals surface area contributed by atoms with Crippen LogP contribution >= 0.6 is 0 Å². The van der Waals surface area contributed by atoms with E-state index in [-0.39, 0.29) is 0 Å². The third kappa shape index (κ3) is 2.46. The Labute approximate surface area is 80.9 Å². The molecule has 8 heteroatoms. The largest absolute Gasteiger partial charge is 0.573 e. The lowest BCUT2D eigenvalue weighted by Gasteiger charge is -2.11. The Hall–Kier alpha value is -2.04. The maximum Gasteiger partial charge on any atom is 0.573 e. The molecule has 2 N–H and O–H groups in total. The van der Waals surface area contributed by atoms with Gasteiger partial charge >= 0.3 is 6.36 Å². The molecule has 1 aromatic rings. The fourth-order valence-electron chi connectivity index (χ4n) is 0.784. The molecular weight excluding hydrogens is 218 g/mol. The second kappa shape index (κ2) is 3.61. The SMILES string of the molecule is N#Cc1ncc(F)c(N)c1OC(F)(F)F. The summed E-state index contributed by atoms with van der Waals surface area (Å²) in [4.78, 5) is 3.10. The first-order valence-electron chi connectivity index (χ1n) is 3.45. The van der Waals surface area contributed by atoms with Crippen LogP contribution in [-0.2, 0) is 0 Å². The van der Waals surface area contributed by atoms with Crippen molar-refractivity contribution in [1.29, 1.82) is 5.26 Å². The Morgan fingerprint density at radius 3 is 2.53 bits per heavy atom. The molecule has 1 heterocycles. The summed E-state index contributed by atoms with van der Waals surface area (Å²) in [6.45, 7) is 0. The molecule has 0 aliphatic rings. The molecule has 0 aromatic carbocycles. The molecule has 0 saturated carbocycles. The van der Waals surface area contributed by atoms with Crippen molar-refractivity contribution in [3.8, 4) is 11.8 Å². The number of hydrogen-bond donors (Lipinski definition) is 1. The normalized spacial score (nSPS) is 10.9. The summed E-state index contributed by atoms with van der Waals surface area (Å²) >= 11 is 0. The molecule has 0 aliphatic heterocycles. The van der Waals surface area contributed by atoms with Crippen molar-refractivity contribution in [2.45, 2.75) is 6.36 Å². The zero-order valence-electron chi connectivity index (χ0n) is 6.97. The maximum absolute atomic E-state index is 12.7. The minimum atomic E-state index is -5.06. The van der Waals surface area contributed by atoms with E-state index in [0.29, 0.717) is 6.20 Å². The van der Waals surface area contributed by atoms with Crippen LogP contribution in [0.2, 0.25) is 0 Å². The van der Waals surface area contributed by atoms with Gasteiger partial charge in [0.15, 0.2) is 17.3 Å². The summed E-state index contributed by atoms with van der Waals surface area (Å²) in [7, 11) is 0. The van der Waals surface area contributed by atoms with Crippen LogP contribution in [0.4, 0.5) is 23.2 Å². The smallest absolute Gasteiger partial charge is 0.400 e. The highest BCUT2D eigenvalue weighted by atomic mass is 19.4. The highest BCUT2D eigenvalue weighted by molar-refractivity contribution is 5.58. The van der Waals surface area contributed by atoms with Gasteiger partial charge in [-0.3, -0.25) is 0 Å². The van der Waals surface area contributed by atoms with Gasteiger partial charge in [0, 0.05) is 0 Å². The maximum atomic E-state index is 12.7. The van der Waals surface area contributed by atoms with Crippen LogP contribution in [0, 0.1) is 17.1 Å². The third-order valence-electron chi connectivity index (χ3n) is 1.35. The summed E-state index contributed by atoms with van der Waals surface area (Å²) in [5, 5.41) is 8.39. The van der Waals surface area contributed by atoms with Crippen LogP contribution in [0.15, 0.2) is 6.20 Å². The predicted octanol–water partition coefficient (Wildman–Crippen LogP) is 1.57. The molecule has 1 aromatic heterocycles. The van der Waals surface area contributed by atoms with Gasteiger partial charge in [-0.1, -0.05) is 0 Å². The number of pyridine rings is 1. The van der Waals surface area contributed by atoms with Crippen molar-refractivity contribution >= 4 is 5.69 Å². The Kier molecular flexibility index (Phi) is 2.65. The summed E-state index contributed by atoms with van der Waals surface area (Å²) < 4.78 is 51.6. The fourth-order valence-corrected chi connectivity index (χ4v) is 0.784. The van der Waals surface area contributed by atoms with Crippen LogP contribution in [0.1, 0.15) is 5.69 Å². The molecule has 0 aliphatic carbocycles. The standard InChI is InChI=1S/C7H3F4N3O/c8-3-2-14-4(1-12)6(5(3)13)15-7(9,10)11/h2H,(H2,13,14). The van der Waals surface area contributed by atoms with E-state index in [4.69, 9.17) is 11.0 Å². The van der Waals surface area contributed by atoms with Gasteiger partial charge in [0.2, 0.25) is 0 Å². The lowest BCUT2D eigenvalue weighted by Crippen LogP contribution is -2.19. The molecule has 15 heavy (non-hydrogen) atoms. The van der Waals surface area contributed by atoms with E-state index in [9.17, 15) is 17.6 Å². The van der Waals surface area contributed by atoms with E-state index in [2.05, 4.69) is 9.72 Å². The monoisotopic (exact) mass is 221 g/mol. The molecule has 1 rings (SSSR count). The first-order valence-corrected chi connectivity index (χ1v) is 3.45. The zero-order chi connectivity index (χ0) is 11.6. The van der Waals surface area contributed by atoms with E-state index in [0.717, 1.165) is 0 Å². The predicted molar refractivity (Wildman–Crippen MR) is 40.0 cm³/mol. The lowest BCUT2D eigenvalue weighted by molar-refractivity contribution is -0.274. The van der Waals surface area contributed by atoms with Crippen molar-refractivity contribution in [2.24, 2.45) is 0 Å². The first-order chi connectivity index (χ1) is 6.85. The summed E-state index contributed by atoms with van der Waals surface area (Å²) in [5.41, 5.74) is 3.34. The van der Waals surface area contributed by atoms with Crippen LogP contribution < -0.4 is 10.5 Å². The summed E-state index contributed by atoms with van der Waals surface area (Å²) in [6, 6.07) is 1.30. The molecular formula is C7H3F4N3O. The molecule has 0 atom stereocenters. The molecule has 0 radical (unpaired) electrons. The van der Waals surface area contributed by atoms with Crippen LogP contribution in [0.5, 0.6) is 5.75 Å². The Bertz CT molecular complexity index is 423. The number of nitriles is 1. The van der Waals surface area contributed by atoms with E-state index >= 15 is 0 Å². The summed E-state index contributed by atoms with van der Waals surface area (Å²) in [6.07, 6.45) is -4.52. The topological polar surface area (TPSA) is 71.9 Å². The first kappa shape index (κ1) is 11.0. The van der Waals surface area contributed by atoms with E-state index in [1.54, 1.807) is 0 Å². The molecule has 80 valence electrons. The quantitative estimate of drug-likeness (QED) is 0.730. The minimum Gasteiger partial charge on any atom is -0.400 e. The average Bonchev–Trinajstić information content (AvgIpc) is 2.11. The number of halogens is 4. The third-order valence-corrected chi connectivity index (χ3v) is 1.35. The Morgan fingerprint density at radius 2 is 2.07 bits per heavy atom. The van der Waals surface area contributed by atoms with Crippen molar-refractivity contribution < 1.29 is 22.3 Å². The highest BCUT2D eigenvalue weighted by Gasteiger charge is 2.34. The van der Waals surface area contributed by atoms with Gasteiger partial charge < -0.3 is 10.5 Å². The highest BCUT2D eigenvalue weighted by Crippen LogP contribution is 2.31. The number of rotatable bonds is 1. The Balaban J connectivity index is 3.26. The zero-order valence-corrected chi connectivity index (χ0v) is 6.97. The average molecular weight is 221 g/mol. The molecule has 0 unspecified atom stereocenters. The van der Waals surface area contributed by atoms with Crippen LogP contribution in [0.3, 0.4) is 0 Å². The second-order valence-corrected chi connectivity index (χ2v) is 2.36. The molecule has 0 bridgehead atoms. The molecule has 0 saturated heterocycles. The number of alkyl halides is 3. The van der Waals surface area contributed by atoms with E-state index < -0.39 is 29.3 Å². The van der Waals surface area contributed by atoms with E-state index in [1.165, 1.54) is 6.07 Å². The minimum absolute atomic E-state index is 0.539. The van der Waals surface area contributed by atoms with Gasteiger partial charge in [-0.15, -0.1) is 13.2 Å². The Morgan fingerprint density at radius 1 is 1.47 bits per heavy atom. The van der Waals surface area contributed by atoms with Crippen molar-refractivity contribution in [3.05, 3.63) is 17.7 Å². The van der Waals surface area contributed by atoms with Crippen LogP contribution in [-0.4, -0.2) is 11.3 Å². The summed E-state index contributed by atoms with van der Waals surface area (Å²) in [5.74, 6) is -2.31.